The Morgan fingerprint density at radius 1 is 1.00 bits per heavy atom. The topological polar surface area (TPSA) is 43.1 Å². The second kappa shape index (κ2) is 10.0. The van der Waals surface area contributed by atoms with Crippen LogP contribution in [0.15, 0.2) is 0 Å². The highest BCUT2D eigenvalue weighted by Crippen LogP contribution is 2.19. The van der Waals surface area contributed by atoms with E-state index in [9.17, 15) is 4.79 Å². The Morgan fingerprint density at radius 2 is 1.67 bits per heavy atom. The maximum atomic E-state index is 10.8. The van der Waals surface area contributed by atoms with Crippen LogP contribution in [0.4, 0.5) is 0 Å². The lowest BCUT2D eigenvalue weighted by molar-refractivity contribution is -0.119. The van der Waals surface area contributed by atoms with Gasteiger partial charge < -0.3 is 5.73 Å². The van der Waals surface area contributed by atoms with Crippen molar-refractivity contribution >= 4 is 5.91 Å². The van der Waals surface area contributed by atoms with Crippen LogP contribution in [-0.2, 0) is 4.79 Å². The number of hydrogen-bond donors (Lipinski definition) is 1. The number of carbonyl (C=O) groups excluding carboxylic acids is 1. The molecule has 1 unspecified atom stereocenters. The summed E-state index contributed by atoms with van der Waals surface area (Å²) in [6.07, 6.45) is 10.6. The largest absolute Gasteiger partial charge is 0.370 e. The predicted octanol–water partition coefficient (Wildman–Crippen LogP) is 3.64. The molecule has 0 aromatic rings. The standard InChI is InChI=1S/C13H27NO/c1-3-5-6-7-8-10-12(9-4-2)11-13(14)15/h12H,3-11H2,1-2H3,(H2,14,15). The van der Waals surface area contributed by atoms with E-state index in [-0.39, 0.29) is 5.91 Å². The van der Waals surface area contributed by atoms with Gasteiger partial charge in [0.1, 0.15) is 0 Å². The van der Waals surface area contributed by atoms with Gasteiger partial charge in [0.2, 0.25) is 5.91 Å². The number of nitrogens with two attached hydrogens (primary N) is 1. The average molecular weight is 213 g/mol. The third kappa shape index (κ3) is 9.77. The zero-order valence-corrected chi connectivity index (χ0v) is 10.4. The molecule has 0 aromatic carbocycles. The molecule has 0 fully saturated rings. The van der Waals surface area contributed by atoms with Crippen molar-refractivity contribution in [3.63, 3.8) is 0 Å². The fraction of sp³-hybridized carbons (Fsp3) is 0.923. The highest BCUT2D eigenvalue weighted by molar-refractivity contribution is 5.73. The zero-order chi connectivity index (χ0) is 11.5. The number of rotatable bonds is 10. The average Bonchev–Trinajstić information content (AvgIpc) is 2.17. The van der Waals surface area contributed by atoms with Crippen LogP contribution in [0.5, 0.6) is 0 Å². The summed E-state index contributed by atoms with van der Waals surface area (Å²) in [6, 6.07) is 0. The highest BCUT2D eigenvalue weighted by Gasteiger charge is 2.10. The maximum absolute atomic E-state index is 10.8. The Bertz CT molecular complexity index is 157. The minimum absolute atomic E-state index is 0.137. The van der Waals surface area contributed by atoms with Crippen LogP contribution in [0.1, 0.15) is 71.6 Å². The third-order valence-electron chi connectivity index (χ3n) is 2.90. The summed E-state index contributed by atoms with van der Waals surface area (Å²) in [5, 5.41) is 0. The lowest BCUT2D eigenvalue weighted by atomic mass is 9.93. The fourth-order valence-corrected chi connectivity index (χ4v) is 2.08. The molecule has 0 saturated carbocycles. The van der Waals surface area contributed by atoms with Crippen LogP contribution in [-0.4, -0.2) is 5.91 Å². The van der Waals surface area contributed by atoms with Crippen LogP contribution in [0.2, 0.25) is 0 Å². The Morgan fingerprint density at radius 3 is 2.20 bits per heavy atom. The van der Waals surface area contributed by atoms with Gasteiger partial charge in [-0.3, -0.25) is 4.79 Å². The third-order valence-corrected chi connectivity index (χ3v) is 2.90. The SMILES string of the molecule is CCCCCCCC(CCC)CC(N)=O. The van der Waals surface area contributed by atoms with E-state index in [1.165, 1.54) is 38.5 Å². The van der Waals surface area contributed by atoms with Gasteiger partial charge in [0.15, 0.2) is 0 Å². The van der Waals surface area contributed by atoms with Crippen LogP contribution in [0.3, 0.4) is 0 Å². The summed E-state index contributed by atoms with van der Waals surface area (Å²) >= 11 is 0. The Hall–Kier alpha value is -0.530. The van der Waals surface area contributed by atoms with Gasteiger partial charge in [-0.05, 0) is 12.3 Å². The second-order valence-electron chi connectivity index (χ2n) is 4.53. The quantitative estimate of drug-likeness (QED) is 0.553. The zero-order valence-electron chi connectivity index (χ0n) is 10.4. The number of hydrogen-bond acceptors (Lipinski definition) is 1. The van der Waals surface area contributed by atoms with Crippen LogP contribution < -0.4 is 5.73 Å². The van der Waals surface area contributed by atoms with Crippen LogP contribution >= 0.6 is 0 Å². The number of unbranched alkanes of at least 4 members (excludes halogenated alkanes) is 4. The van der Waals surface area contributed by atoms with Gasteiger partial charge in [0.25, 0.3) is 0 Å². The summed E-state index contributed by atoms with van der Waals surface area (Å²) < 4.78 is 0. The van der Waals surface area contributed by atoms with Crippen LogP contribution in [0.25, 0.3) is 0 Å². The van der Waals surface area contributed by atoms with Crippen molar-refractivity contribution in [2.24, 2.45) is 11.7 Å². The predicted molar refractivity (Wildman–Crippen MR) is 65.6 cm³/mol. The lowest BCUT2D eigenvalue weighted by Crippen LogP contribution is -2.16. The molecule has 0 rings (SSSR count). The summed E-state index contributed by atoms with van der Waals surface area (Å²) in [7, 11) is 0. The van der Waals surface area contributed by atoms with E-state index in [0.29, 0.717) is 12.3 Å². The molecule has 15 heavy (non-hydrogen) atoms. The van der Waals surface area contributed by atoms with Gasteiger partial charge in [-0.25, -0.2) is 0 Å². The normalized spacial score (nSPS) is 12.7. The van der Waals surface area contributed by atoms with Gasteiger partial charge in [0.05, 0.1) is 0 Å². The van der Waals surface area contributed by atoms with E-state index in [2.05, 4.69) is 13.8 Å². The first-order valence-electron chi connectivity index (χ1n) is 6.49. The monoisotopic (exact) mass is 213 g/mol. The van der Waals surface area contributed by atoms with Gasteiger partial charge in [-0.2, -0.15) is 0 Å². The molecule has 0 spiro atoms. The van der Waals surface area contributed by atoms with E-state index in [1.54, 1.807) is 0 Å². The van der Waals surface area contributed by atoms with Gasteiger partial charge in [-0.15, -0.1) is 0 Å². The molecule has 90 valence electrons. The fourth-order valence-electron chi connectivity index (χ4n) is 2.08. The lowest BCUT2D eigenvalue weighted by Gasteiger charge is -2.13. The molecule has 0 bridgehead atoms. The second-order valence-corrected chi connectivity index (χ2v) is 4.53. The molecule has 0 heterocycles. The van der Waals surface area contributed by atoms with Gasteiger partial charge in [-0.1, -0.05) is 58.8 Å². The molecule has 1 amide bonds. The van der Waals surface area contributed by atoms with Crippen molar-refractivity contribution in [1.82, 2.24) is 0 Å². The smallest absolute Gasteiger partial charge is 0.217 e. The molecule has 2 heteroatoms. The van der Waals surface area contributed by atoms with Gasteiger partial charge >= 0.3 is 0 Å². The molecule has 0 aliphatic carbocycles. The Labute approximate surface area is 94.6 Å². The van der Waals surface area contributed by atoms with Crippen LogP contribution in [0, 0.1) is 5.92 Å². The summed E-state index contributed by atoms with van der Waals surface area (Å²) in [6.45, 7) is 4.40. The van der Waals surface area contributed by atoms with Gasteiger partial charge in [0, 0.05) is 6.42 Å². The van der Waals surface area contributed by atoms with Crippen molar-refractivity contribution < 1.29 is 4.79 Å². The van der Waals surface area contributed by atoms with Crippen molar-refractivity contribution in [3.8, 4) is 0 Å². The highest BCUT2D eigenvalue weighted by atomic mass is 16.1. The van der Waals surface area contributed by atoms with Crippen molar-refractivity contribution in [3.05, 3.63) is 0 Å². The molecule has 0 radical (unpaired) electrons. The first-order chi connectivity index (χ1) is 7.20. The van der Waals surface area contributed by atoms with E-state index in [1.807, 2.05) is 0 Å². The summed E-state index contributed by atoms with van der Waals surface area (Å²) in [5.41, 5.74) is 5.24. The Balaban J connectivity index is 3.52. The van der Waals surface area contributed by atoms with E-state index < -0.39 is 0 Å². The molecule has 0 aliphatic heterocycles. The Kier molecular flexibility index (Phi) is 9.65. The molecule has 2 N–H and O–H groups in total. The maximum Gasteiger partial charge on any atom is 0.217 e. The van der Waals surface area contributed by atoms with Crippen molar-refractivity contribution in [2.45, 2.75) is 71.6 Å². The molecular weight excluding hydrogens is 186 g/mol. The molecule has 0 saturated heterocycles. The summed E-state index contributed by atoms with van der Waals surface area (Å²) in [5.74, 6) is 0.399. The number of amides is 1. The first-order valence-corrected chi connectivity index (χ1v) is 6.49. The number of primary amides is 1. The first kappa shape index (κ1) is 14.5. The molecule has 0 aromatic heterocycles. The minimum Gasteiger partial charge on any atom is -0.370 e. The number of carbonyl (C=O) groups is 1. The molecule has 2 nitrogen and oxygen atoms in total. The van der Waals surface area contributed by atoms with E-state index >= 15 is 0 Å². The minimum atomic E-state index is -0.137. The summed E-state index contributed by atoms with van der Waals surface area (Å²) in [4.78, 5) is 10.8. The van der Waals surface area contributed by atoms with Crippen molar-refractivity contribution in [1.29, 1.82) is 0 Å². The van der Waals surface area contributed by atoms with E-state index in [4.69, 9.17) is 5.73 Å². The van der Waals surface area contributed by atoms with Crippen molar-refractivity contribution in [2.75, 3.05) is 0 Å². The molecule has 1 atom stereocenters. The molecular formula is C13H27NO. The van der Waals surface area contributed by atoms with E-state index in [0.717, 1.165) is 12.8 Å². The molecule has 0 aliphatic rings.